The van der Waals surface area contributed by atoms with Crippen molar-refractivity contribution in [2.45, 2.75) is 77.2 Å². The molecule has 1 amide bonds. The monoisotopic (exact) mass is 334 g/mol. The average molecular weight is 334 g/mol. The van der Waals surface area contributed by atoms with E-state index in [1.165, 1.54) is 0 Å². The zero-order valence-corrected chi connectivity index (χ0v) is 15.1. The molecule has 1 aliphatic rings. The molecular weight excluding hydrogens is 304 g/mol. The van der Waals surface area contributed by atoms with Crippen molar-refractivity contribution in [2.75, 3.05) is 6.54 Å². The van der Waals surface area contributed by atoms with Crippen LogP contribution in [0.2, 0.25) is 0 Å². The lowest BCUT2D eigenvalue weighted by Gasteiger charge is -2.30. The lowest BCUT2D eigenvalue weighted by atomic mass is 9.86. The third-order valence-corrected chi connectivity index (χ3v) is 5.57. The number of carbonyl (C=O) groups excluding carboxylic acids is 1. The molecule has 0 saturated heterocycles. The first-order valence-electron chi connectivity index (χ1n) is 7.97. The van der Waals surface area contributed by atoms with Gasteiger partial charge in [0.25, 0.3) is 0 Å². The highest BCUT2D eigenvalue weighted by Crippen LogP contribution is 2.24. The summed E-state index contributed by atoms with van der Waals surface area (Å²) in [5, 5.41) is 2.48. The maximum atomic E-state index is 11.7. The van der Waals surface area contributed by atoms with Crippen LogP contribution in [0.3, 0.4) is 0 Å². The molecule has 0 bridgehead atoms. The smallest absolute Gasteiger partial charge is 0.407 e. The topological polar surface area (TPSA) is 84.5 Å². The van der Waals surface area contributed by atoms with E-state index in [9.17, 15) is 13.2 Å². The van der Waals surface area contributed by atoms with E-state index in [1.54, 1.807) is 13.8 Å². The van der Waals surface area contributed by atoms with Gasteiger partial charge < -0.3 is 10.1 Å². The number of hydrogen-bond donors (Lipinski definition) is 2. The number of carbonyl (C=O) groups is 1. The Kier molecular flexibility index (Phi) is 6.67. The number of sulfonamides is 1. The minimum absolute atomic E-state index is 0.118. The average Bonchev–Trinajstić information content (AvgIpc) is 2.35. The molecule has 1 aliphatic carbocycles. The van der Waals surface area contributed by atoms with Gasteiger partial charge in [0.1, 0.15) is 5.60 Å². The summed E-state index contributed by atoms with van der Waals surface area (Å²) in [5.74, 6) is 0.338. The van der Waals surface area contributed by atoms with Crippen LogP contribution in [0.25, 0.3) is 0 Å². The number of amides is 1. The Morgan fingerprint density at radius 1 is 1.18 bits per heavy atom. The van der Waals surface area contributed by atoms with Gasteiger partial charge in [-0.3, -0.25) is 0 Å². The van der Waals surface area contributed by atoms with Crippen molar-refractivity contribution in [2.24, 2.45) is 5.92 Å². The van der Waals surface area contributed by atoms with Crippen LogP contribution in [-0.4, -0.2) is 37.9 Å². The van der Waals surface area contributed by atoms with E-state index in [-0.39, 0.29) is 12.1 Å². The van der Waals surface area contributed by atoms with Gasteiger partial charge in [-0.15, -0.1) is 0 Å². The molecule has 1 fully saturated rings. The number of nitrogens with one attached hydrogen (secondary N) is 2. The number of ether oxygens (including phenoxy) is 1. The normalized spacial score (nSPS) is 23.4. The van der Waals surface area contributed by atoms with Crippen LogP contribution in [0.15, 0.2) is 0 Å². The van der Waals surface area contributed by atoms with Gasteiger partial charge in [-0.2, -0.15) is 0 Å². The predicted octanol–water partition coefficient (Wildman–Crippen LogP) is 2.40. The van der Waals surface area contributed by atoms with Gasteiger partial charge in [-0.05, 0) is 66.2 Å². The lowest BCUT2D eigenvalue weighted by Crippen LogP contribution is -2.42. The lowest BCUT2D eigenvalue weighted by molar-refractivity contribution is 0.0487. The standard InChI is InChI=1S/C15H30N2O4S/c1-11(2)22(19,20)16-10-12-6-8-13(9-7-12)17-14(18)21-15(3,4)5/h11-13,16H,6-10H2,1-5H3,(H,17,18)/t12-,13-. The van der Waals surface area contributed by atoms with Crippen LogP contribution in [0.4, 0.5) is 4.79 Å². The third kappa shape index (κ3) is 6.96. The maximum Gasteiger partial charge on any atom is 0.407 e. The van der Waals surface area contributed by atoms with E-state index in [0.29, 0.717) is 12.5 Å². The zero-order valence-electron chi connectivity index (χ0n) is 14.3. The van der Waals surface area contributed by atoms with Gasteiger partial charge in [0.2, 0.25) is 10.0 Å². The Hall–Kier alpha value is -0.820. The molecule has 1 rings (SSSR count). The second-order valence-corrected chi connectivity index (χ2v) is 9.63. The SMILES string of the molecule is CC(C)S(=O)(=O)NC[C@H]1CC[C@H](NC(=O)OC(C)(C)C)CC1. The second-order valence-electron chi connectivity index (χ2n) is 7.31. The van der Waals surface area contributed by atoms with Gasteiger partial charge >= 0.3 is 6.09 Å². The van der Waals surface area contributed by atoms with Crippen LogP contribution >= 0.6 is 0 Å². The Labute approximate surface area is 134 Å². The van der Waals surface area contributed by atoms with Crippen molar-refractivity contribution in [3.8, 4) is 0 Å². The predicted molar refractivity (Wildman–Crippen MR) is 87.2 cm³/mol. The number of hydrogen-bond acceptors (Lipinski definition) is 4. The fourth-order valence-electron chi connectivity index (χ4n) is 2.39. The summed E-state index contributed by atoms with van der Waals surface area (Å²) in [4.78, 5) is 11.7. The van der Waals surface area contributed by atoms with Crippen LogP contribution < -0.4 is 10.0 Å². The molecule has 7 heteroatoms. The molecule has 2 N–H and O–H groups in total. The van der Waals surface area contributed by atoms with Crippen molar-refractivity contribution in [1.29, 1.82) is 0 Å². The van der Waals surface area contributed by atoms with E-state index in [0.717, 1.165) is 25.7 Å². The summed E-state index contributed by atoms with van der Waals surface area (Å²) in [5.41, 5.74) is -0.490. The third-order valence-electron chi connectivity index (χ3n) is 3.76. The van der Waals surface area contributed by atoms with E-state index >= 15 is 0 Å². The molecular formula is C15H30N2O4S. The molecule has 0 heterocycles. The van der Waals surface area contributed by atoms with Gasteiger partial charge in [-0.1, -0.05) is 0 Å². The van der Waals surface area contributed by atoms with E-state index < -0.39 is 20.9 Å². The Balaban J connectivity index is 2.31. The van der Waals surface area contributed by atoms with Crippen molar-refractivity contribution >= 4 is 16.1 Å². The largest absolute Gasteiger partial charge is 0.444 e. The maximum absolute atomic E-state index is 11.7. The number of alkyl carbamates (subject to hydrolysis) is 1. The molecule has 130 valence electrons. The van der Waals surface area contributed by atoms with Crippen molar-refractivity contribution in [1.82, 2.24) is 10.0 Å². The molecule has 0 aliphatic heterocycles. The molecule has 6 nitrogen and oxygen atoms in total. The minimum Gasteiger partial charge on any atom is -0.444 e. The fourth-order valence-corrected chi connectivity index (χ4v) is 3.19. The van der Waals surface area contributed by atoms with Crippen LogP contribution in [0.5, 0.6) is 0 Å². The van der Waals surface area contributed by atoms with Crippen LogP contribution in [0, 0.1) is 5.92 Å². The molecule has 0 atom stereocenters. The summed E-state index contributed by atoms with van der Waals surface area (Å²) in [6.45, 7) is 9.34. The van der Waals surface area contributed by atoms with Crippen LogP contribution in [0.1, 0.15) is 60.3 Å². The highest BCUT2D eigenvalue weighted by atomic mass is 32.2. The molecule has 0 aromatic rings. The van der Waals surface area contributed by atoms with Crippen molar-refractivity contribution in [3.05, 3.63) is 0 Å². The zero-order chi connectivity index (χ0) is 17.0. The van der Waals surface area contributed by atoms with Gasteiger partial charge in [-0.25, -0.2) is 17.9 Å². The van der Waals surface area contributed by atoms with Gasteiger partial charge in [0.05, 0.1) is 5.25 Å². The Morgan fingerprint density at radius 3 is 2.18 bits per heavy atom. The molecule has 22 heavy (non-hydrogen) atoms. The molecule has 0 radical (unpaired) electrons. The van der Waals surface area contributed by atoms with Gasteiger partial charge in [0, 0.05) is 12.6 Å². The minimum atomic E-state index is -3.19. The summed E-state index contributed by atoms with van der Waals surface area (Å²) >= 11 is 0. The van der Waals surface area contributed by atoms with Crippen molar-refractivity contribution in [3.63, 3.8) is 0 Å². The Bertz CT molecular complexity index is 460. The first-order chi connectivity index (χ1) is 9.99. The summed E-state index contributed by atoms with van der Waals surface area (Å²) < 4.78 is 31.4. The van der Waals surface area contributed by atoms with Crippen LogP contribution in [-0.2, 0) is 14.8 Å². The summed E-state index contributed by atoms with van der Waals surface area (Å²) in [7, 11) is -3.19. The first kappa shape index (κ1) is 19.2. The van der Waals surface area contributed by atoms with E-state index in [2.05, 4.69) is 10.0 Å². The molecule has 0 aromatic carbocycles. The molecule has 0 unspecified atom stereocenters. The van der Waals surface area contributed by atoms with E-state index in [1.807, 2.05) is 20.8 Å². The summed E-state index contributed by atoms with van der Waals surface area (Å²) in [6.07, 6.45) is 3.14. The van der Waals surface area contributed by atoms with Crippen molar-refractivity contribution < 1.29 is 17.9 Å². The number of rotatable bonds is 5. The molecule has 0 spiro atoms. The fraction of sp³-hybridized carbons (Fsp3) is 0.933. The Morgan fingerprint density at radius 2 is 1.73 bits per heavy atom. The first-order valence-corrected chi connectivity index (χ1v) is 9.52. The molecule has 1 saturated carbocycles. The highest BCUT2D eigenvalue weighted by molar-refractivity contribution is 7.90. The highest BCUT2D eigenvalue weighted by Gasteiger charge is 2.26. The molecule has 0 aromatic heterocycles. The quantitative estimate of drug-likeness (QED) is 0.808. The van der Waals surface area contributed by atoms with Gasteiger partial charge in [0.15, 0.2) is 0 Å². The van der Waals surface area contributed by atoms with E-state index in [4.69, 9.17) is 4.74 Å². The second kappa shape index (κ2) is 7.64. The summed E-state index contributed by atoms with van der Waals surface area (Å²) in [6, 6.07) is 0.118.